The molecule has 0 heterocycles. The van der Waals surface area contributed by atoms with E-state index in [1.807, 2.05) is 0 Å². The Morgan fingerprint density at radius 2 is 1.76 bits per heavy atom. The normalized spacial score (nSPS) is 12.1. The number of hydrogen-bond donors (Lipinski definition) is 2. The molecule has 0 amide bonds. The van der Waals surface area contributed by atoms with Crippen LogP contribution in [0.3, 0.4) is 0 Å². The van der Waals surface area contributed by atoms with Gasteiger partial charge in [0.1, 0.15) is 0 Å². The van der Waals surface area contributed by atoms with Gasteiger partial charge < -0.3 is 4.74 Å². The van der Waals surface area contributed by atoms with Crippen molar-refractivity contribution < 1.29 is 26.4 Å². The fourth-order valence-electron chi connectivity index (χ4n) is 1.40. The van der Waals surface area contributed by atoms with Crippen molar-refractivity contribution in [2.75, 3.05) is 12.4 Å². The largest absolute Gasteiger partial charge is 0.465 e. The fraction of sp³-hybridized carbons (Fsp3) is 0.364. The molecule has 10 heteroatoms. The van der Waals surface area contributed by atoms with Crippen LogP contribution in [0.15, 0.2) is 29.2 Å². The summed E-state index contributed by atoms with van der Waals surface area (Å²) in [6.07, 6.45) is 0. The highest BCUT2D eigenvalue weighted by atomic mass is 32.2. The molecule has 0 aromatic heterocycles. The summed E-state index contributed by atoms with van der Waals surface area (Å²) in [5, 5.41) is 4.94. The monoisotopic (exact) mass is 336 g/mol. The van der Waals surface area contributed by atoms with E-state index >= 15 is 0 Å². The number of benzene rings is 1. The highest BCUT2D eigenvalue weighted by molar-refractivity contribution is 7.90. The van der Waals surface area contributed by atoms with Crippen molar-refractivity contribution in [1.82, 2.24) is 4.72 Å². The number of rotatable bonds is 7. The molecular weight excluding hydrogens is 320 g/mol. The van der Waals surface area contributed by atoms with Crippen molar-refractivity contribution in [3.63, 3.8) is 0 Å². The number of nitrogens with one attached hydrogen (secondary N) is 1. The molecule has 1 aromatic rings. The Morgan fingerprint density at radius 3 is 2.24 bits per heavy atom. The third-order valence-corrected chi connectivity index (χ3v) is 4.49. The van der Waals surface area contributed by atoms with Crippen LogP contribution < -0.4 is 9.86 Å². The highest BCUT2D eigenvalue weighted by Crippen LogP contribution is 2.08. The van der Waals surface area contributed by atoms with Crippen molar-refractivity contribution in [2.45, 2.75) is 18.4 Å². The minimum Gasteiger partial charge on any atom is -0.465 e. The molecule has 0 aliphatic rings. The zero-order valence-electron chi connectivity index (χ0n) is 11.3. The number of nitrogens with two attached hydrogens (primary N) is 1. The molecule has 0 radical (unpaired) electrons. The van der Waals surface area contributed by atoms with E-state index in [0.29, 0.717) is 5.56 Å². The maximum absolute atomic E-state index is 11.6. The Bertz CT molecular complexity index is 695. The third kappa shape index (κ3) is 6.21. The van der Waals surface area contributed by atoms with Crippen LogP contribution in [0, 0.1) is 0 Å². The molecular formula is C11H16N2O6S2. The Labute approximate surface area is 123 Å². The molecule has 0 fully saturated rings. The maximum Gasteiger partial charge on any atom is 0.322 e. The van der Waals surface area contributed by atoms with Crippen LogP contribution in [0.1, 0.15) is 12.5 Å². The number of carbonyl (C=O) groups excluding carboxylic acids is 1. The number of esters is 1. The van der Waals surface area contributed by atoms with E-state index < -0.39 is 31.8 Å². The lowest BCUT2D eigenvalue weighted by Crippen LogP contribution is -2.30. The summed E-state index contributed by atoms with van der Waals surface area (Å²) in [5.74, 6) is -1.61. The summed E-state index contributed by atoms with van der Waals surface area (Å²) in [6, 6.07) is 5.38. The molecule has 0 unspecified atom stereocenters. The third-order valence-electron chi connectivity index (χ3n) is 2.36. The van der Waals surface area contributed by atoms with Crippen molar-refractivity contribution in [3.05, 3.63) is 29.8 Å². The minimum atomic E-state index is -3.81. The second kappa shape index (κ2) is 6.98. The van der Waals surface area contributed by atoms with Gasteiger partial charge in [0.05, 0.1) is 11.5 Å². The topological polar surface area (TPSA) is 133 Å². The van der Waals surface area contributed by atoms with E-state index in [-0.39, 0.29) is 18.0 Å². The second-order valence-corrected chi connectivity index (χ2v) is 7.44. The van der Waals surface area contributed by atoms with Gasteiger partial charge in [-0.1, -0.05) is 12.1 Å². The number of hydrogen-bond acceptors (Lipinski definition) is 6. The van der Waals surface area contributed by atoms with Gasteiger partial charge >= 0.3 is 5.97 Å². The van der Waals surface area contributed by atoms with E-state index in [9.17, 15) is 21.6 Å². The summed E-state index contributed by atoms with van der Waals surface area (Å²) in [6.45, 7) is 1.60. The van der Waals surface area contributed by atoms with Crippen LogP contribution >= 0.6 is 0 Å². The van der Waals surface area contributed by atoms with Gasteiger partial charge in [-0.25, -0.2) is 26.7 Å². The predicted molar refractivity (Wildman–Crippen MR) is 75.1 cm³/mol. The lowest BCUT2D eigenvalue weighted by molar-refractivity contribution is -0.139. The minimum absolute atomic E-state index is 0.0689. The standard InChI is InChI=1S/C11H16N2O6S2/c1-2-19-11(14)8-20(15,16)13-7-9-3-5-10(6-4-9)21(12,17)18/h3-6,13H,2,7-8H2,1H3,(H2,12,17,18). The average molecular weight is 336 g/mol. The quantitative estimate of drug-likeness (QED) is 0.634. The average Bonchev–Trinajstić information content (AvgIpc) is 2.35. The van der Waals surface area contributed by atoms with Crippen LogP contribution in [-0.4, -0.2) is 35.2 Å². The van der Waals surface area contributed by atoms with Crippen molar-refractivity contribution in [3.8, 4) is 0 Å². The first-order chi connectivity index (χ1) is 9.64. The van der Waals surface area contributed by atoms with Gasteiger partial charge in [-0.3, -0.25) is 4.79 Å². The van der Waals surface area contributed by atoms with Gasteiger partial charge in [0.2, 0.25) is 20.0 Å². The zero-order valence-corrected chi connectivity index (χ0v) is 12.9. The van der Waals surface area contributed by atoms with Gasteiger partial charge in [-0.15, -0.1) is 0 Å². The first-order valence-corrected chi connectivity index (χ1v) is 9.08. The number of primary sulfonamides is 1. The van der Waals surface area contributed by atoms with Gasteiger partial charge in [0.25, 0.3) is 0 Å². The molecule has 1 rings (SSSR count). The molecule has 0 aliphatic carbocycles. The van der Waals surface area contributed by atoms with Crippen LogP contribution in [0.4, 0.5) is 0 Å². The van der Waals surface area contributed by atoms with Crippen molar-refractivity contribution in [1.29, 1.82) is 0 Å². The van der Waals surface area contributed by atoms with E-state index in [0.717, 1.165) is 0 Å². The van der Waals surface area contributed by atoms with Crippen LogP contribution in [0.25, 0.3) is 0 Å². The molecule has 0 spiro atoms. The number of ether oxygens (including phenoxy) is 1. The smallest absolute Gasteiger partial charge is 0.322 e. The Kier molecular flexibility index (Phi) is 5.84. The maximum atomic E-state index is 11.6. The van der Waals surface area contributed by atoms with E-state index in [4.69, 9.17) is 5.14 Å². The van der Waals surface area contributed by atoms with E-state index in [1.165, 1.54) is 24.3 Å². The fourth-order valence-corrected chi connectivity index (χ4v) is 2.80. The lowest BCUT2D eigenvalue weighted by atomic mass is 10.2. The van der Waals surface area contributed by atoms with Crippen molar-refractivity contribution in [2.24, 2.45) is 5.14 Å². The SMILES string of the molecule is CCOC(=O)CS(=O)(=O)NCc1ccc(S(N)(=O)=O)cc1. The Hall–Kier alpha value is -1.49. The Morgan fingerprint density at radius 1 is 1.19 bits per heavy atom. The van der Waals surface area contributed by atoms with Crippen LogP contribution in [0.2, 0.25) is 0 Å². The summed E-state index contributed by atoms with van der Waals surface area (Å²) < 4.78 is 52.1. The molecule has 8 nitrogen and oxygen atoms in total. The molecule has 3 N–H and O–H groups in total. The second-order valence-electron chi connectivity index (χ2n) is 4.07. The first kappa shape index (κ1) is 17.6. The van der Waals surface area contributed by atoms with Gasteiger partial charge in [-0.2, -0.15) is 0 Å². The predicted octanol–water partition coefficient (Wildman–Crippen LogP) is -0.683. The lowest BCUT2D eigenvalue weighted by Gasteiger charge is -2.07. The molecule has 21 heavy (non-hydrogen) atoms. The molecule has 118 valence electrons. The molecule has 0 saturated carbocycles. The number of carbonyl (C=O) groups is 1. The van der Waals surface area contributed by atoms with Crippen molar-refractivity contribution >= 4 is 26.0 Å². The summed E-state index contributed by atoms with van der Waals surface area (Å²) in [4.78, 5) is 11.0. The van der Waals surface area contributed by atoms with E-state index in [1.54, 1.807) is 6.92 Å². The van der Waals surface area contributed by atoms with Gasteiger partial charge in [-0.05, 0) is 24.6 Å². The molecule has 0 bridgehead atoms. The van der Waals surface area contributed by atoms with Crippen LogP contribution in [-0.2, 0) is 36.1 Å². The molecule has 1 aromatic carbocycles. The Balaban J connectivity index is 2.65. The first-order valence-electron chi connectivity index (χ1n) is 5.89. The van der Waals surface area contributed by atoms with Gasteiger partial charge in [0, 0.05) is 6.54 Å². The summed E-state index contributed by atoms with van der Waals surface area (Å²) in [5.41, 5.74) is 0.523. The molecule has 0 atom stereocenters. The van der Waals surface area contributed by atoms with Gasteiger partial charge in [0.15, 0.2) is 5.75 Å². The molecule has 0 aliphatic heterocycles. The highest BCUT2D eigenvalue weighted by Gasteiger charge is 2.17. The zero-order chi connectivity index (χ0) is 16.1. The number of sulfonamides is 2. The molecule has 0 saturated heterocycles. The van der Waals surface area contributed by atoms with Crippen LogP contribution in [0.5, 0.6) is 0 Å². The van der Waals surface area contributed by atoms with E-state index in [2.05, 4.69) is 9.46 Å². The summed E-state index contributed by atoms with van der Waals surface area (Å²) >= 11 is 0. The summed E-state index contributed by atoms with van der Waals surface area (Å²) in [7, 11) is -7.59.